The number of carbonyl (C=O) groups excluding carboxylic acids is 1. The Labute approximate surface area is 200 Å². The molecular weight excluding hydrogens is 440 g/mol. The Bertz CT molecular complexity index is 944. The fourth-order valence-electron chi connectivity index (χ4n) is 4.54. The number of aryl methyl sites for hydroxylation is 1. The molecule has 8 heteroatoms. The van der Waals surface area contributed by atoms with Crippen molar-refractivity contribution in [2.45, 2.75) is 57.6 Å². The Morgan fingerprint density at radius 1 is 1.30 bits per heavy atom. The van der Waals surface area contributed by atoms with Crippen molar-refractivity contribution in [1.29, 1.82) is 0 Å². The molecule has 182 valence electrons. The summed E-state index contributed by atoms with van der Waals surface area (Å²) < 4.78 is 22.8. The van der Waals surface area contributed by atoms with Gasteiger partial charge in [0.15, 0.2) is 5.60 Å². The number of amides is 1. The normalized spacial score (nSPS) is 23.0. The molecule has 0 aromatic carbocycles. The Balaban J connectivity index is 1.60. The van der Waals surface area contributed by atoms with E-state index in [0.717, 1.165) is 46.3 Å². The molecule has 4 rings (SSSR count). The van der Waals surface area contributed by atoms with Gasteiger partial charge in [-0.25, -0.2) is 0 Å². The number of pyridine rings is 1. The summed E-state index contributed by atoms with van der Waals surface area (Å²) in [5, 5.41) is 0.968. The third-order valence-electron chi connectivity index (χ3n) is 6.47. The first kappa shape index (κ1) is 24.5. The quantitative estimate of drug-likeness (QED) is 0.298. The summed E-state index contributed by atoms with van der Waals surface area (Å²) in [6.45, 7) is 4.69. The molecule has 1 saturated carbocycles. The van der Waals surface area contributed by atoms with E-state index >= 15 is 0 Å². The predicted octanol–water partition coefficient (Wildman–Crippen LogP) is 4.28. The van der Waals surface area contributed by atoms with Crippen molar-refractivity contribution in [3.05, 3.63) is 29.8 Å². The van der Waals surface area contributed by atoms with Gasteiger partial charge in [0.1, 0.15) is 24.9 Å². The van der Waals surface area contributed by atoms with Crippen LogP contribution in [0.2, 0.25) is 0 Å². The number of hydrogen-bond acceptors (Lipinski definition) is 7. The average Bonchev–Trinajstić information content (AvgIpc) is 3.54. The molecule has 2 aliphatic rings. The number of rotatable bonds is 14. The zero-order valence-electron chi connectivity index (χ0n) is 20.2. The number of ether oxygens (including phenoxy) is 3. The van der Waals surface area contributed by atoms with Crippen LogP contribution < -0.4 is 0 Å². The first-order chi connectivity index (χ1) is 16.0. The number of carbonyl (C=O) groups is 1. The number of methoxy groups -OCH3 is 2. The van der Waals surface area contributed by atoms with E-state index in [-0.39, 0.29) is 25.5 Å². The highest BCUT2D eigenvalue weighted by Crippen LogP contribution is 2.41. The van der Waals surface area contributed by atoms with Gasteiger partial charge in [-0.3, -0.25) is 9.78 Å². The second-order valence-electron chi connectivity index (χ2n) is 9.62. The minimum absolute atomic E-state index is 0.0475. The molecule has 2 aromatic rings. The van der Waals surface area contributed by atoms with E-state index < -0.39 is 5.60 Å². The lowest BCUT2D eigenvalue weighted by molar-refractivity contribution is -0.229. The van der Waals surface area contributed by atoms with Crippen LogP contribution in [0.4, 0.5) is 0 Å². The second-order valence-corrected chi connectivity index (χ2v) is 10.7. The Kier molecular flexibility index (Phi) is 7.99. The Morgan fingerprint density at radius 2 is 2.12 bits per heavy atom. The highest BCUT2D eigenvalue weighted by Gasteiger charge is 2.62. The largest absolute Gasteiger partial charge is 0.461 e. The molecule has 0 spiro atoms. The van der Waals surface area contributed by atoms with Crippen LogP contribution in [-0.2, 0) is 31.8 Å². The Morgan fingerprint density at radius 3 is 2.82 bits per heavy atom. The SMILES string of the molecule is COCOC1(Cc2nccc3oc(CCC4CC4)cc23)C(=O)N(COC)C1CSCC(C)C. The minimum Gasteiger partial charge on any atom is -0.461 e. The molecule has 0 bridgehead atoms. The van der Waals surface area contributed by atoms with Crippen molar-refractivity contribution in [1.82, 2.24) is 9.88 Å². The smallest absolute Gasteiger partial charge is 0.259 e. The summed E-state index contributed by atoms with van der Waals surface area (Å²) in [6, 6.07) is 3.88. The van der Waals surface area contributed by atoms with Crippen LogP contribution in [0.15, 0.2) is 22.7 Å². The van der Waals surface area contributed by atoms with Crippen LogP contribution in [0, 0.1) is 11.8 Å². The van der Waals surface area contributed by atoms with Crippen LogP contribution in [0.1, 0.15) is 44.6 Å². The third kappa shape index (κ3) is 5.39. The first-order valence-corrected chi connectivity index (χ1v) is 13.0. The number of thioether (sulfide) groups is 1. The van der Waals surface area contributed by atoms with Gasteiger partial charge in [-0.15, -0.1) is 0 Å². The molecule has 2 aromatic heterocycles. The minimum atomic E-state index is -1.02. The summed E-state index contributed by atoms with van der Waals surface area (Å²) in [7, 11) is 3.19. The lowest BCUT2D eigenvalue weighted by Crippen LogP contribution is -2.77. The van der Waals surface area contributed by atoms with Crippen molar-refractivity contribution in [3.8, 4) is 0 Å². The summed E-state index contributed by atoms with van der Waals surface area (Å²) in [4.78, 5) is 19.8. The maximum atomic E-state index is 13.4. The molecule has 7 nitrogen and oxygen atoms in total. The van der Waals surface area contributed by atoms with Gasteiger partial charge in [-0.05, 0) is 36.1 Å². The molecule has 2 atom stereocenters. The van der Waals surface area contributed by atoms with Crippen molar-refractivity contribution >= 4 is 28.6 Å². The van der Waals surface area contributed by atoms with E-state index in [1.807, 2.05) is 17.8 Å². The lowest BCUT2D eigenvalue weighted by atomic mass is 9.79. The van der Waals surface area contributed by atoms with E-state index in [1.165, 1.54) is 19.3 Å². The maximum Gasteiger partial charge on any atom is 0.259 e. The lowest BCUT2D eigenvalue weighted by Gasteiger charge is -2.54. The maximum absolute atomic E-state index is 13.4. The van der Waals surface area contributed by atoms with E-state index in [2.05, 4.69) is 24.9 Å². The van der Waals surface area contributed by atoms with Crippen molar-refractivity contribution in [2.75, 3.05) is 39.2 Å². The molecular formula is C25H36N2O5S. The number of hydrogen-bond donors (Lipinski definition) is 0. The molecule has 3 heterocycles. The number of β-lactam (4-membered cyclic amide) rings is 1. The van der Waals surface area contributed by atoms with Crippen molar-refractivity contribution in [3.63, 3.8) is 0 Å². The number of likely N-dealkylation sites (tertiary alicyclic amines) is 1. The van der Waals surface area contributed by atoms with E-state index in [4.69, 9.17) is 18.6 Å². The topological polar surface area (TPSA) is 74.0 Å². The summed E-state index contributed by atoms with van der Waals surface area (Å²) in [6.07, 6.45) is 6.92. The monoisotopic (exact) mass is 476 g/mol. The number of fused-ring (bicyclic) bond motifs is 1. The highest BCUT2D eigenvalue weighted by molar-refractivity contribution is 7.99. The predicted molar refractivity (Wildman–Crippen MR) is 129 cm³/mol. The third-order valence-corrected chi connectivity index (χ3v) is 7.93. The number of furan rings is 1. The van der Waals surface area contributed by atoms with Crippen LogP contribution in [0.5, 0.6) is 0 Å². The molecule has 1 saturated heterocycles. The first-order valence-electron chi connectivity index (χ1n) is 11.9. The van der Waals surface area contributed by atoms with Crippen molar-refractivity contribution in [2.24, 2.45) is 11.8 Å². The molecule has 2 fully saturated rings. The van der Waals surface area contributed by atoms with E-state index in [0.29, 0.717) is 12.3 Å². The second kappa shape index (κ2) is 10.8. The van der Waals surface area contributed by atoms with Gasteiger partial charge < -0.3 is 23.5 Å². The number of aromatic nitrogens is 1. The zero-order valence-corrected chi connectivity index (χ0v) is 21.0. The molecule has 1 aliphatic carbocycles. The standard InChI is InChI=1S/C25H36N2O5S/c1-17(2)13-33-14-23-25(31-16-30-4,24(28)27(23)15-29-3)12-21-20-11-19(8-7-18-5-6-18)32-22(20)9-10-26-21/h9-11,17-18,23H,5-8,12-16H2,1-4H3. The summed E-state index contributed by atoms with van der Waals surface area (Å²) >= 11 is 1.84. The van der Waals surface area contributed by atoms with Gasteiger partial charge >= 0.3 is 0 Å². The average molecular weight is 477 g/mol. The fourth-order valence-corrected chi connectivity index (χ4v) is 5.82. The molecule has 2 unspecified atom stereocenters. The molecule has 0 N–H and O–H groups in total. The molecule has 0 radical (unpaired) electrons. The van der Waals surface area contributed by atoms with Crippen LogP contribution in [0.25, 0.3) is 11.0 Å². The van der Waals surface area contributed by atoms with Crippen LogP contribution in [-0.4, -0.2) is 66.7 Å². The summed E-state index contributed by atoms with van der Waals surface area (Å²) in [5.41, 5.74) is 0.624. The molecule has 1 amide bonds. The zero-order chi connectivity index (χ0) is 23.4. The van der Waals surface area contributed by atoms with Gasteiger partial charge in [0.05, 0.1) is 11.7 Å². The molecule has 1 aliphatic heterocycles. The van der Waals surface area contributed by atoms with Gasteiger partial charge in [-0.1, -0.05) is 26.7 Å². The number of nitrogens with zero attached hydrogens (tertiary/aromatic N) is 2. The van der Waals surface area contributed by atoms with Gasteiger partial charge in [0.2, 0.25) is 0 Å². The van der Waals surface area contributed by atoms with Gasteiger partial charge in [-0.2, -0.15) is 11.8 Å². The van der Waals surface area contributed by atoms with Gasteiger partial charge in [0.25, 0.3) is 5.91 Å². The van der Waals surface area contributed by atoms with E-state index in [9.17, 15) is 4.79 Å². The highest BCUT2D eigenvalue weighted by atomic mass is 32.2. The fraction of sp³-hybridized carbons (Fsp3) is 0.680. The Hall–Kier alpha value is -1.61. The van der Waals surface area contributed by atoms with Gasteiger partial charge in [0, 0.05) is 44.4 Å². The molecule has 33 heavy (non-hydrogen) atoms. The van der Waals surface area contributed by atoms with Crippen molar-refractivity contribution < 1.29 is 23.4 Å². The summed E-state index contributed by atoms with van der Waals surface area (Å²) in [5.74, 6) is 4.13. The van der Waals surface area contributed by atoms with Crippen LogP contribution in [0.3, 0.4) is 0 Å². The van der Waals surface area contributed by atoms with E-state index in [1.54, 1.807) is 25.3 Å². The van der Waals surface area contributed by atoms with Crippen LogP contribution >= 0.6 is 11.8 Å².